The number of nitrogens with zero attached hydrogens (tertiary/aromatic N) is 3. The van der Waals surface area contributed by atoms with Crippen molar-refractivity contribution in [3.05, 3.63) is 64.4 Å². The number of benzene rings is 2. The van der Waals surface area contributed by atoms with Crippen LogP contribution in [0.2, 0.25) is 0 Å². The molecule has 132 valence electrons. The summed E-state index contributed by atoms with van der Waals surface area (Å²) in [6.45, 7) is -0.865. The van der Waals surface area contributed by atoms with E-state index in [9.17, 15) is 14.4 Å². The molecule has 1 heterocycles. The van der Waals surface area contributed by atoms with Gasteiger partial charge in [0, 0.05) is 0 Å². The number of carbonyl (C=O) groups excluding carboxylic acids is 2. The second-order valence-electron chi connectivity index (χ2n) is 5.21. The monoisotopic (exact) mass is 354 g/mol. The highest BCUT2D eigenvalue weighted by Gasteiger charge is 2.12. The molecule has 2 N–H and O–H groups in total. The first kappa shape index (κ1) is 17.1. The molecule has 9 nitrogen and oxygen atoms in total. The summed E-state index contributed by atoms with van der Waals surface area (Å²) in [5.41, 5.74) is 5.40. The number of hydrogen-bond donors (Lipinski definition) is 1. The third-order valence-electron chi connectivity index (χ3n) is 3.48. The zero-order valence-corrected chi connectivity index (χ0v) is 13.5. The summed E-state index contributed by atoms with van der Waals surface area (Å²) in [6.07, 6.45) is 0. The van der Waals surface area contributed by atoms with Gasteiger partial charge in [-0.25, -0.2) is 4.79 Å². The smallest absolute Gasteiger partial charge is 0.345 e. The van der Waals surface area contributed by atoms with Gasteiger partial charge in [0.05, 0.1) is 10.9 Å². The van der Waals surface area contributed by atoms with Crippen LogP contribution in [0, 0.1) is 0 Å². The summed E-state index contributed by atoms with van der Waals surface area (Å²) in [5.74, 6) is -1.25. The Hall–Kier alpha value is -3.75. The zero-order valence-electron chi connectivity index (χ0n) is 13.5. The molecule has 2 aromatic carbocycles. The SMILES string of the molecule is NC(=O)c1ccccc1OCC(=O)OCn1nnc2ccccc2c1=O. The van der Waals surface area contributed by atoms with Crippen LogP contribution < -0.4 is 16.0 Å². The fraction of sp³-hybridized carbons (Fsp3) is 0.118. The average Bonchev–Trinajstić information content (AvgIpc) is 2.66. The molecule has 3 rings (SSSR count). The molecule has 0 saturated heterocycles. The van der Waals surface area contributed by atoms with Gasteiger partial charge in [-0.15, -0.1) is 5.10 Å². The molecule has 26 heavy (non-hydrogen) atoms. The van der Waals surface area contributed by atoms with Crippen LogP contribution in [0.3, 0.4) is 0 Å². The van der Waals surface area contributed by atoms with Gasteiger partial charge in [-0.2, -0.15) is 4.68 Å². The molecular formula is C17H14N4O5. The van der Waals surface area contributed by atoms with Crippen LogP contribution in [-0.4, -0.2) is 33.5 Å². The number of para-hydroxylation sites is 1. The number of fused-ring (bicyclic) bond motifs is 1. The zero-order chi connectivity index (χ0) is 18.5. The molecule has 0 unspecified atom stereocenters. The third-order valence-corrected chi connectivity index (χ3v) is 3.48. The van der Waals surface area contributed by atoms with Crippen molar-refractivity contribution in [1.82, 2.24) is 15.0 Å². The number of hydrogen-bond acceptors (Lipinski definition) is 7. The normalized spacial score (nSPS) is 10.5. The Morgan fingerprint density at radius 1 is 1.08 bits per heavy atom. The van der Waals surface area contributed by atoms with Gasteiger partial charge < -0.3 is 15.2 Å². The van der Waals surface area contributed by atoms with Crippen molar-refractivity contribution in [1.29, 1.82) is 0 Å². The Labute approximate surface area is 146 Å². The molecule has 3 aromatic rings. The van der Waals surface area contributed by atoms with E-state index in [0.29, 0.717) is 10.9 Å². The van der Waals surface area contributed by atoms with Gasteiger partial charge in [0.25, 0.3) is 11.5 Å². The average molecular weight is 354 g/mol. The molecule has 0 fully saturated rings. The summed E-state index contributed by atoms with van der Waals surface area (Å²) in [5, 5.41) is 7.96. The maximum atomic E-state index is 12.2. The van der Waals surface area contributed by atoms with Crippen LogP contribution in [-0.2, 0) is 16.3 Å². The quantitative estimate of drug-likeness (QED) is 0.638. The van der Waals surface area contributed by atoms with Gasteiger partial charge in [0.1, 0.15) is 11.3 Å². The number of aromatic nitrogens is 3. The minimum absolute atomic E-state index is 0.150. The fourth-order valence-corrected chi connectivity index (χ4v) is 2.22. The molecule has 9 heteroatoms. The maximum Gasteiger partial charge on any atom is 0.345 e. The topological polar surface area (TPSA) is 126 Å². The van der Waals surface area contributed by atoms with Crippen molar-refractivity contribution in [3.63, 3.8) is 0 Å². The third kappa shape index (κ3) is 3.66. The van der Waals surface area contributed by atoms with Gasteiger partial charge >= 0.3 is 5.97 Å². The Kier molecular flexibility index (Phi) is 4.88. The lowest BCUT2D eigenvalue weighted by Gasteiger charge is -2.09. The van der Waals surface area contributed by atoms with Crippen molar-refractivity contribution >= 4 is 22.8 Å². The largest absolute Gasteiger partial charge is 0.481 e. The van der Waals surface area contributed by atoms with Crippen molar-refractivity contribution in [2.24, 2.45) is 5.73 Å². The Morgan fingerprint density at radius 3 is 2.62 bits per heavy atom. The summed E-state index contributed by atoms with van der Waals surface area (Å²) in [4.78, 5) is 35.3. The first-order valence-electron chi connectivity index (χ1n) is 7.56. The van der Waals surface area contributed by atoms with Crippen LogP contribution in [0.15, 0.2) is 53.3 Å². The van der Waals surface area contributed by atoms with E-state index in [1.165, 1.54) is 12.1 Å². The standard InChI is InChI=1S/C17H14N4O5/c18-16(23)12-6-2-4-8-14(12)25-9-15(22)26-10-21-17(24)11-5-1-3-7-13(11)19-20-21/h1-8H,9-10H2,(H2,18,23). The van der Waals surface area contributed by atoms with Gasteiger partial charge in [0.2, 0.25) is 0 Å². The number of primary amides is 1. The second kappa shape index (κ2) is 7.43. The molecule has 0 aliphatic rings. The van der Waals surface area contributed by atoms with Crippen molar-refractivity contribution in [2.45, 2.75) is 6.73 Å². The van der Waals surface area contributed by atoms with Crippen molar-refractivity contribution in [3.8, 4) is 5.75 Å². The van der Waals surface area contributed by atoms with Crippen LogP contribution in [0.4, 0.5) is 0 Å². The van der Waals surface area contributed by atoms with E-state index in [4.69, 9.17) is 15.2 Å². The number of ether oxygens (including phenoxy) is 2. The lowest BCUT2D eigenvalue weighted by Crippen LogP contribution is -2.27. The van der Waals surface area contributed by atoms with E-state index in [2.05, 4.69) is 10.3 Å². The molecule has 0 radical (unpaired) electrons. The molecular weight excluding hydrogens is 340 g/mol. The minimum Gasteiger partial charge on any atom is -0.481 e. The van der Waals surface area contributed by atoms with E-state index < -0.39 is 30.8 Å². The molecule has 0 saturated carbocycles. The van der Waals surface area contributed by atoms with Crippen LogP contribution >= 0.6 is 0 Å². The molecule has 0 aliphatic heterocycles. The summed E-state index contributed by atoms with van der Waals surface area (Å²) >= 11 is 0. The van der Waals surface area contributed by atoms with Crippen LogP contribution in [0.1, 0.15) is 10.4 Å². The first-order valence-corrected chi connectivity index (χ1v) is 7.56. The Bertz CT molecular complexity index is 1030. The lowest BCUT2D eigenvalue weighted by atomic mass is 10.2. The Morgan fingerprint density at radius 2 is 1.81 bits per heavy atom. The van der Waals surface area contributed by atoms with Gasteiger partial charge in [-0.05, 0) is 24.3 Å². The molecule has 0 atom stereocenters. The number of amides is 1. The predicted octanol–water partition coefficient (Wildman–Crippen LogP) is 0.470. The van der Waals surface area contributed by atoms with Gasteiger partial charge in [-0.3, -0.25) is 9.59 Å². The molecule has 1 aromatic heterocycles. The fourth-order valence-electron chi connectivity index (χ4n) is 2.22. The number of rotatable bonds is 6. The van der Waals surface area contributed by atoms with Crippen LogP contribution in [0.25, 0.3) is 10.9 Å². The van der Waals surface area contributed by atoms with E-state index >= 15 is 0 Å². The molecule has 1 amide bonds. The molecule has 0 aliphatic carbocycles. The van der Waals surface area contributed by atoms with Gasteiger partial charge in [-0.1, -0.05) is 29.5 Å². The number of carbonyl (C=O) groups is 2. The highest BCUT2D eigenvalue weighted by Crippen LogP contribution is 2.17. The predicted molar refractivity (Wildman–Crippen MR) is 90.3 cm³/mol. The van der Waals surface area contributed by atoms with Gasteiger partial charge in [0.15, 0.2) is 13.3 Å². The number of esters is 1. The van der Waals surface area contributed by atoms with E-state index in [1.54, 1.807) is 36.4 Å². The van der Waals surface area contributed by atoms with E-state index in [1.807, 2.05) is 0 Å². The van der Waals surface area contributed by atoms with Crippen molar-refractivity contribution in [2.75, 3.05) is 6.61 Å². The maximum absolute atomic E-state index is 12.2. The van der Waals surface area contributed by atoms with Crippen molar-refractivity contribution < 1.29 is 19.1 Å². The first-order chi connectivity index (χ1) is 12.6. The number of nitrogens with two attached hydrogens (primary N) is 1. The molecule has 0 spiro atoms. The highest BCUT2D eigenvalue weighted by atomic mass is 16.6. The second-order valence-corrected chi connectivity index (χ2v) is 5.21. The van der Waals surface area contributed by atoms with E-state index in [0.717, 1.165) is 4.68 Å². The summed E-state index contributed by atoms with van der Waals surface area (Å²) in [7, 11) is 0. The molecule has 0 bridgehead atoms. The lowest BCUT2D eigenvalue weighted by molar-refractivity contribution is -0.150. The van der Waals surface area contributed by atoms with Crippen LogP contribution in [0.5, 0.6) is 5.75 Å². The summed E-state index contributed by atoms with van der Waals surface area (Å²) < 4.78 is 11.1. The minimum atomic E-state index is -0.744. The van der Waals surface area contributed by atoms with E-state index in [-0.39, 0.29) is 11.3 Å². The Balaban J connectivity index is 1.62. The summed E-state index contributed by atoms with van der Waals surface area (Å²) in [6, 6.07) is 12.9. The highest BCUT2D eigenvalue weighted by molar-refractivity contribution is 5.95.